The molecule has 0 unspecified atom stereocenters. The van der Waals surface area contributed by atoms with Crippen LogP contribution >= 0.6 is 0 Å². The summed E-state index contributed by atoms with van der Waals surface area (Å²) < 4.78 is 1.85. The number of pyridine rings is 1. The number of amides is 1. The van der Waals surface area contributed by atoms with Crippen LogP contribution in [-0.4, -0.2) is 62.3 Å². The lowest BCUT2D eigenvalue weighted by atomic mass is 9.82. The maximum atomic E-state index is 11.9. The number of H-pyrrole nitrogens is 1. The monoisotopic (exact) mass is 459 g/mol. The second-order valence-corrected chi connectivity index (χ2v) is 9.67. The fraction of sp³-hybridized carbons (Fsp3) is 0.462. The Morgan fingerprint density at radius 3 is 2.74 bits per heavy atom. The number of aryl methyl sites for hydroxylation is 2. The van der Waals surface area contributed by atoms with E-state index in [-0.39, 0.29) is 5.91 Å². The van der Waals surface area contributed by atoms with Gasteiger partial charge in [0, 0.05) is 43.2 Å². The molecule has 5 rings (SSSR count). The number of aromatic amines is 1. The molecule has 1 aromatic carbocycles. The molecule has 0 spiro atoms. The zero-order valence-corrected chi connectivity index (χ0v) is 20.4. The molecule has 2 N–H and O–H groups in total. The van der Waals surface area contributed by atoms with Gasteiger partial charge >= 0.3 is 0 Å². The minimum Gasteiger partial charge on any atom is -0.348 e. The van der Waals surface area contributed by atoms with Crippen LogP contribution in [0, 0.1) is 6.92 Å². The molecule has 1 aliphatic carbocycles. The van der Waals surface area contributed by atoms with Crippen LogP contribution in [0.4, 0.5) is 0 Å². The number of nitrogens with one attached hydrogen (secondary N) is 2. The topological polar surface area (TPSA) is 91.2 Å². The van der Waals surface area contributed by atoms with E-state index in [0.717, 1.165) is 54.4 Å². The Labute approximate surface area is 199 Å². The molecule has 3 heterocycles. The molecule has 0 atom stereocenters. The Bertz CT molecular complexity index is 1330. The molecule has 0 bridgehead atoms. The molecule has 0 radical (unpaired) electrons. The number of rotatable bonds is 6. The van der Waals surface area contributed by atoms with Crippen molar-refractivity contribution in [3.8, 4) is 11.1 Å². The van der Waals surface area contributed by atoms with Gasteiger partial charge in [-0.15, -0.1) is 0 Å². The lowest BCUT2D eigenvalue weighted by Crippen LogP contribution is -2.40. The van der Waals surface area contributed by atoms with Gasteiger partial charge in [0.05, 0.1) is 17.8 Å². The van der Waals surface area contributed by atoms with E-state index in [1.807, 2.05) is 4.52 Å². The fourth-order valence-corrected chi connectivity index (χ4v) is 5.20. The first-order valence-electron chi connectivity index (χ1n) is 12.2. The molecule has 8 nitrogen and oxygen atoms in total. The van der Waals surface area contributed by atoms with Crippen molar-refractivity contribution in [3.05, 3.63) is 47.5 Å². The molecule has 3 aromatic heterocycles. The van der Waals surface area contributed by atoms with Crippen LogP contribution < -0.4 is 5.32 Å². The summed E-state index contributed by atoms with van der Waals surface area (Å²) in [5.41, 5.74) is 7.93. The van der Waals surface area contributed by atoms with Gasteiger partial charge in [-0.25, -0.2) is 9.50 Å². The van der Waals surface area contributed by atoms with Crippen molar-refractivity contribution in [1.82, 2.24) is 35.0 Å². The third kappa shape index (κ3) is 4.18. The molecule has 1 aliphatic rings. The van der Waals surface area contributed by atoms with Crippen molar-refractivity contribution in [2.24, 2.45) is 0 Å². The lowest BCUT2D eigenvalue weighted by molar-refractivity contribution is -0.127. The Morgan fingerprint density at radius 2 is 2.00 bits per heavy atom. The summed E-state index contributed by atoms with van der Waals surface area (Å²) in [6.45, 7) is 4.70. The number of benzene rings is 1. The fourth-order valence-electron chi connectivity index (χ4n) is 5.20. The summed E-state index contributed by atoms with van der Waals surface area (Å²) in [7, 11) is 3.60. The van der Waals surface area contributed by atoms with Gasteiger partial charge in [-0.2, -0.15) is 10.2 Å². The van der Waals surface area contributed by atoms with Gasteiger partial charge in [-0.05, 0) is 73.9 Å². The quantitative estimate of drug-likeness (QED) is 0.457. The molecule has 34 heavy (non-hydrogen) atoms. The SMILES string of the molecule is CCc1cc2c(C3CCC(NCC(=O)N(C)C)CC3)n[nH]c2cc1-c1cc(C)c2ncnn2c1. The number of hydrogen-bond donors (Lipinski definition) is 2. The standard InChI is InChI=1S/C26H33N7O/c1-5-17-11-22-23(12-21(17)19-10-16(2)26-28-15-29-33(26)14-19)30-31-25(22)18-6-8-20(9-7-18)27-13-24(34)32(3)4/h10-12,14-15,18,20,27H,5-9,13H2,1-4H3,(H,30,31). The van der Waals surface area contributed by atoms with Crippen LogP contribution in [0.25, 0.3) is 27.7 Å². The third-order valence-corrected chi connectivity index (χ3v) is 7.22. The van der Waals surface area contributed by atoms with E-state index >= 15 is 0 Å². The van der Waals surface area contributed by atoms with Gasteiger partial charge in [0.1, 0.15) is 6.33 Å². The maximum absolute atomic E-state index is 11.9. The summed E-state index contributed by atoms with van der Waals surface area (Å²) in [4.78, 5) is 17.9. The zero-order chi connectivity index (χ0) is 23.8. The van der Waals surface area contributed by atoms with Gasteiger partial charge in [0.15, 0.2) is 5.65 Å². The number of fused-ring (bicyclic) bond motifs is 2. The smallest absolute Gasteiger partial charge is 0.236 e. The number of nitrogens with zero attached hydrogens (tertiary/aromatic N) is 5. The van der Waals surface area contributed by atoms with E-state index in [1.54, 1.807) is 25.3 Å². The van der Waals surface area contributed by atoms with Gasteiger partial charge in [-0.3, -0.25) is 9.89 Å². The van der Waals surface area contributed by atoms with Gasteiger partial charge in [0.2, 0.25) is 5.91 Å². The first kappa shape index (κ1) is 22.5. The number of likely N-dealkylation sites (N-methyl/N-ethyl adjacent to an activating group) is 1. The van der Waals surface area contributed by atoms with E-state index in [2.05, 4.69) is 58.7 Å². The number of hydrogen-bond acceptors (Lipinski definition) is 5. The van der Waals surface area contributed by atoms with Crippen LogP contribution in [0.3, 0.4) is 0 Å². The molecule has 178 valence electrons. The molecule has 0 saturated heterocycles. The summed E-state index contributed by atoms with van der Waals surface area (Å²) in [6, 6.07) is 7.15. The average molecular weight is 460 g/mol. The van der Waals surface area contributed by atoms with Crippen molar-refractivity contribution in [1.29, 1.82) is 0 Å². The molecular weight excluding hydrogens is 426 g/mol. The Morgan fingerprint density at radius 1 is 1.21 bits per heavy atom. The van der Waals surface area contributed by atoms with Gasteiger partial charge in [0.25, 0.3) is 0 Å². The van der Waals surface area contributed by atoms with Crippen LogP contribution in [0.2, 0.25) is 0 Å². The number of carbonyl (C=O) groups excluding carboxylic acids is 1. The Kier molecular flexibility index (Phi) is 6.08. The minimum absolute atomic E-state index is 0.126. The van der Waals surface area contributed by atoms with E-state index in [0.29, 0.717) is 18.5 Å². The van der Waals surface area contributed by atoms with E-state index in [1.165, 1.54) is 22.2 Å². The molecule has 0 aliphatic heterocycles. The van der Waals surface area contributed by atoms with Crippen molar-refractivity contribution in [2.45, 2.75) is 57.9 Å². The summed E-state index contributed by atoms with van der Waals surface area (Å²) in [6.07, 6.45) is 8.90. The number of carbonyl (C=O) groups is 1. The lowest BCUT2D eigenvalue weighted by Gasteiger charge is -2.28. The molecule has 8 heteroatoms. The van der Waals surface area contributed by atoms with Crippen LogP contribution in [-0.2, 0) is 11.2 Å². The predicted octanol–water partition coefficient (Wildman–Crippen LogP) is 3.85. The molecule has 1 amide bonds. The summed E-state index contributed by atoms with van der Waals surface area (Å²) >= 11 is 0. The average Bonchev–Trinajstić information content (AvgIpc) is 3.49. The molecule has 4 aromatic rings. The normalized spacial score (nSPS) is 18.6. The van der Waals surface area contributed by atoms with Gasteiger partial charge in [-0.1, -0.05) is 6.92 Å². The number of aromatic nitrogens is 5. The Hall–Kier alpha value is -3.26. The molecule has 1 saturated carbocycles. The molecular formula is C26H33N7O. The highest BCUT2D eigenvalue weighted by molar-refractivity contribution is 5.89. The van der Waals surface area contributed by atoms with Crippen LogP contribution in [0.1, 0.15) is 55.3 Å². The Balaban J connectivity index is 1.38. The highest BCUT2D eigenvalue weighted by Gasteiger charge is 2.26. The van der Waals surface area contributed by atoms with Crippen molar-refractivity contribution < 1.29 is 4.79 Å². The highest BCUT2D eigenvalue weighted by atomic mass is 16.2. The van der Waals surface area contributed by atoms with E-state index in [4.69, 9.17) is 5.10 Å². The predicted molar refractivity (Wildman–Crippen MR) is 134 cm³/mol. The van der Waals surface area contributed by atoms with Crippen LogP contribution in [0.15, 0.2) is 30.7 Å². The third-order valence-electron chi connectivity index (χ3n) is 7.22. The van der Waals surface area contributed by atoms with E-state index < -0.39 is 0 Å². The highest BCUT2D eigenvalue weighted by Crippen LogP contribution is 2.38. The zero-order valence-electron chi connectivity index (χ0n) is 20.4. The van der Waals surface area contributed by atoms with Crippen molar-refractivity contribution in [2.75, 3.05) is 20.6 Å². The minimum atomic E-state index is 0.126. The molecule has 1 fully saturated rings. The maximum Gasteiger partial charge on any atom is 0.236 e. The summed E-state index contributed by atoms with van der Waals surface area (Å²) in [5.74, 6) is 0.571. The first-order valence-corrected chi connectivity index (χ1v) is 12.2. The second-order valence-electron chi connectivity index (χ2n) is 9.67. The van der Waals surface area contributed by atoms with Crippen LogP contribution in [0.5, 0.6) is 0 Å². The largest absolute Gasteiger partial charge is 0.348 e. The second kappa shape index (κ2) is 9.18. The summed E-state index contributed by atoms with van der Waals surface area (Å²) in [5, 5.41) is 17.1. The first-order chi connectivity index (χ1) is 16.4. The van der Waals surface area contributed by atoms with Gasteiger partial charge < -0.3 is 10.2 Å². The van der Waals surface area contributed by atoms with E-state index in [9.17, 15) is 4.79 Å². The van der Waals surface area contributed by atoms with Crippen molar-refractivity contribution >= 4 is 22.5 Å². The van der Waals surface area contributed by atoms with Crippen molar-refractivity contribution in [3.63, 3.8) is 0 Å².